The molecule has 2 rings (SSSR count). The van der Waals surface area contributed by atoms with Crippen molar-refractivity contribution in [1.82, 2.24) is 0 Å². The number of anilines is 2. The van der Waals surface area contributed by atoms with Gasteiger partial charge in [-0.25, -0.2) is 8.42 Å². The number of nitrogen functional groups attached to an aromatic ring is 1. The summed E-state index contributed by atoms with van der Waals surface area (Å²) in [5.74, 6) is -0.174. The van der Waals surface area contributed by atoms with E-state index in [0.29, 0.717) is 17.5 Å². The van der Waals surface area contributed by atoms with E-state index in [9.17, 15) is 13.2 Å². The Morgan fingerprint density at radius 1 is 1.13 bits per heavy atom. The second kappa shape index (κ2) is 6.83. The summed E-state index contributed by atoms with van der Waals surface area (Å²) in [7, 11) is -3.46. The van der Waals surface area contributed by atoms with Gasteiger partial charge in [0.1, 0.15) is 0 Å². The van der Waals surface area contributed by atoms with Crippen molar-refractivity contribution in [3.05, 3.63) is 59.2 Å². The lowest BCUT2D eigenvalue weighted by atomic mass is 10.0. The maximum atomic E-state index is 12.5. The monoisotopic (exact) mass is 332 g/mol. The summed E-state index contributed by atoms with van der Waals surface area (Å²) in [5, 5.41) is 0. The van der Waals surface area contributed by atoms with Crippen molar-refractivity contribution in [3.63, 3.8) is 0 Å². The number of nitrogens with one attached hydrogen (secondary N) is 1. The Kier molecular flexibility index (Phi) is 5.05. The molecule has 0 unspecified atom stereocenters. The molecule has 6 heteroatoms. The average molecular weight is 332 g/mol. The van der Waals surface area contributed by atoms with E-state index in [4.69, 9.17) is 5.73 Å². The molecular weight excluding hydrogens is 312 g/mol. The quantitative estimate of drug-likeness (QED) is 0.628. The maximum Gasteiger partial charge on any atom is 0.232 e. The van der Waals surface area contributed by atoms with Crippen LogP contribution in [0.2, 0.25) is 0 Å². The van der Waals surface area contributed by atoms with Crippen molar-refractivity contribution in [1.29, 1.82) is 0 Å². The van der Waals surface area contributed by atoms with E-state index in [0.717, 1.165) is 5.56 Å². The molecule has 2 aromatic carbocycles. The summed E-state index contributed by atoms with van der Waals surface area (Å²) in [5.41, 5.74) is 8.26. The summed E-state index contributed by atoms with van der Waals surface area (Å²) in [6.45, 7) is 3.68. The van der Waals surface area contributed by atoms with Crippen molar-refractivity contribution in [2.45, 2.75) is 20.3 Å². The Hall–Kier alpha value is -2.34. The third-order valence-electron chi connectivity index (χ3n) is 3.33. The molecular formula is C17H20N2O3S. The number of rotatable bonds is 6. The van der Waals surface area contributed by atoms with Crippen LogP contribution in [0.4, 0.5) is 11.4 Å². The van der Waals surface area contributed by atoms with E-state index in [1.807, 2.05) is 19.1 Å². The second-order valence-corrected chi connectivity index (χ2v) is 7.26. The summed E-state index contributed by atoms with van der Waals surface area (Å²) < 4.78 is 26.2. The first-order chi connectivity index (χ1) is 10.8. The Morgan fingerprint density at radius 2 is 1.83 bits per heavy atom. The molecule has 3 N–H and O–H groups in total. The van der Waals surface area contributed by atoms with Gasteiger partial charge in [-0.1, -0.05) is 30.7 Å². The molecule has 5 nitrogen and oxygen atoms in total. The van der Waals surface area contributed by atoms with E-state index in [1.165, 1.54) is 12.1 Å². The standard InChI is InChI=1S/C17H20N2O3S/c1-3-9-23(21,22)19-16-11-14(7-8-15(16)18)17(20)13-6-4-5-12(2)10-13/h4-8,10-11,19H,3,9,18H2,1-2H3. The minimum atomic E-state index is -3.46. The number of carbonyl (C=O) groups is 1. The van der Waals surface area contributed by atoms with Crippen LogP contribution in [-0.2, 0) is 10.0 Å². The van der Waals surface area contributed by atoms with E-state index < -0.39 is 10.0 Å². The van der Waals surface area contributed by atoms with E-state index >= 15 is 0 Å². The van der Waals surface area contributed by atoms with Crippen molar-refractivity contribution in [3.8, 4) is 0 Å². The largest absolute Gasteiger partial charge is 0.397 e. The van der Waals surface area contributed by atoms with Crippen LogP contribution >= 0.6 is 0 Å². The SMILES string of the molecule is CCCS(=O)(=O)Nc1cc(C(=O)c2cccc(C)c2)ccc1N. The molecule has 0 bridgehead atoms. The van der Waals surface area contributed by atoms with Gasteiger partial charge in [-0.2, -0.15) is 0 Å². The highest BCUT2D eigenvalue weighted by Gasteiger charge is 2.15. The fourth-order valence-corrected chi connectivity index (χ4v) is 3.38. The Balaban J connectivity index is 2.35. The zero-order valence-corrected chi connectivity index (χ0v) is 14.0. The van der Waals surface area contributed by atoms with Gasteiger partial charge in [0, 0.05) is 11.1 Å². The van der Waals surface area contributed by atoms with Gasteiger partial charge in [0.15, 0.2) is 5.78 Å². The molecule has 0 aliphatic rings. The van der Waals surface area contributed by atoms with Crippen LogP contribution in [0.1, 0.15) is 34.8 Å². The molecule has 0 spiro atoms. The lowest BCUT2D eigenvalue weighted by molar-refractivity contribution is 0.103. The smallest absolute Gasteiger partial charge is 0.232 e. The predicted molar refractivity (Wildman–Crippen MR) is 93.2 cm³/mol. The molecule has 122 valence electrons. The molecule has 0 saturated heterocycles. The Bertz CT molecular complexity index is 829. The van der Waals surface area contributed by atoms with Gasteiger partial charge >= 0.3 is 0 Å². The highest BCUT2D eigenvalue weighted by atomic mass is 32.2. The first-order valence-corrected chi connectivity index (χ1v) is 8.99. The number of ketones is 1. The number of hydrogen-bond donors (Lipinski definition) is 2. The van der Waals surface area contributed by atoms with Gasteiger partial charge in [-0.05, 0) is 37.6 Å². The molecule has 0 saturated carbocycles. The number of hydrogen-bond acceptors (Lipinski definition) is 4. The van der Waals surface area contributed by atoms with Gasteiger partial charge in [0.2, 0.25) is 10.0 Å². The van der Waals surface area contributed by atoms with Crippen LogP contribution in [0, 0.1) is 6.92 Å². The van der Waals surface area contributed by atoms with Crippen LogP contribution in [0.25, 0.3) is 0 Å². The van der Waals surface area contributed by atoms with Crippen LogP contribution in [0.3, 0.4) is 0 Å². The van der Waals surface area contributed by atoms with Crippen LogP contribution in [0.5, 0.6) is 0 Å². The van der Waals surface area contributed by atoms with Crippen LogP contribution < -0.4 is 10.5 Å². The van der Waals surface area contributed by atoms with Gasteiger partial charge in [0.05, 0.1) is 17.1 Å². The molecule has 0 fully saturated rings. The van der Waals surface area contributed by atoms with Gasteiger partial charge in [-0.3, -0.25) is 9.52 Å². The highest BCUT2D eigenvalue weighted by Crippen LogP contribution is 2.23. The molecule has 0 heterocycles. The zero-order valence-electron chi connectivity index (χ0n) is 13.2. The first kappa shape index (κ1) is 17.0. The molecule has 2 aromatic rings. The third kappa shape index (κ3) is 4.32. The molecule has 0 aliphatic carbocycles. The molecule has 0 radical (unpaired) electrons. The lowest BCUT2D eigenvalue weighted by Crippen LogP contribution is -2.17. The number of benzene rings is 2. The Morgan fingerprint density at radius 3 is 2.48 bits per heavy atom. The van der Waals surface area contributed by atoms with E-state index in [1.54, 1.807) is 25.1 Å². The number of nitrogens with two attached hydrogens (primary N) is 1. The molecule has 0 atom stereocenters. The molecule has 0 aromatic heterocycles. The summed E-state index contributed by atoms with van der Waals surface area (Å²) in [4.78, 5) is 12.5. The van der Waals surface area contributed by atoms with Crippen molar-refractivity contribution in [2.75, 3.05) is 16.2 Å². The fourth-order valence-electron chi connectivity index (χ4n) is 2.23. The van der Waals surface area contributed by atoms with Gasteiger partial charge < -0.3 is 5.73 Å². The maximum absolute atomic E-state index is 12.5. The van der Waals surface area contributed by atoms with E-state index in [2.05, 4.69) is 4.72 Å². The van der Waals surface area contributed by atoms with Crippen molar-refractivity contribution < 1.29 is 13.2 Å². The van der Waals surface area contributed by atoms with Gasteiger partial charge in [0.25, 0.3) is 0 Å². The van der Waals surface area contributed by atoms with Crippen LogP contribution in [-0.4, -0.2) is 20.0 Å². The highest BCUT2D eigenvalue weighted by molar-refractivity contribution is 7.92. The minimum Gasteiger partial charge on any atom is -0.397 e. The normalized spacial score (nSPS) is 11.2. The first-order valence-electron chi connectivity index (χ1n) is 7.34. The predicted octanol–water partition coefficient (Wildman–Crippen LogP) is 2.96. The molecule has 23 heavy (non-hydrogen) atoms. The summed E-state index contributed by atoms with van der Waals surface area (Å²) >= 11 is 0. The number of aryl methyl sites for hydroxylation is 1. The molecule has 0 amide bonds. The topological polar surface area (TPSA) is 89.3 Å². The fraction of sp³-hybridized carbons (Fsp3) is 0.235. The van der Waals surface area contributed by atoms with Crippen molar-refractivity contribution >= 4 is 27.2 Å². The third-order valence-corrected chi connectivity index (χ3v) is 4.81. The zero-order chi connectivity index (χ0) is 17.0. The van der Waals surface area contributed by atoms with Gasteiger partial charge in [-0.15, -0.1) is 0 Å². The summed E-state index contributed by atoms with van der Waals surface area (Å²) in [6.07, 6.45) is 0.497. The molecule has 0 aliphatic heterocycles. The minimum absolute atomic E-state index is 0.00247. The average Bonchev–Trinajstić information content (AvgIpc) is 2.48. The van der Waals surface area contributed by atoms with Crippen LogP contribution in [0.15, 0.2) is 42.5 Å². The number of carbonyl (C=O) groups excluding carboxylic acids is 1. The number of sulfonamides is 1. The Labute approximate surface area is 136 Å². The van der Waals surface area contributed by atoms with Crippen molar-refractivity contribution in [2.24, 2.45) is 0 Å². The second-order valence-electron chi connectivity index (χ2n) is 5.42. The van der Waals surface area contributed by atoms with E-state index in [-0.39, 0.29) is 22.9 Å². The lowest BCUT2D eigenvalue weighted by Gasteiger charge is -2.11. The summed E-state index contributed by atoms with van der Waals surface area (Å²) in [6, 6.07) is 11.8.